The maximum absolute atomic E-state index is 11.9. The van der Waals surface area contributed by atoms with Crippen molar-refractivity contribution in [1.29, 1.82) is 0 Å². The lowest BCUT2D eigenvalue weighted by Crippen LogP contribution is -2.38. The first-order valence-electron chi connectivity index (χ1n) is 7.86. The van der Waals surface area contributed by atoms with Crippen molar-refractivity contribution < 1.29 is 4.79 Å². The Labute approximate surface area is 132 Å². The topological polar surface area (TPSA) is 32.3 Å². The molecule has 0 bridgehead atoms. The lowest BCUT2D eigenvalue weighted by molar-refractivity contribution is -0.122. The number of carbonyl (C=O) groups is 1. The van der Waals surface area contributed by atoms with Crippen molar-refractivity contribution in [2.45, 2.75) is 31.6 Å². The first-order valence-corrected chi connectivity index (χ1v) is 8.84. The van der Waals surface area contributed by atoms with Gasteiger partial charge in [0.25, 0.3) is 0 Å². The largest absolute Gasteiger partial charge is 0.354 e. The number of hydrogen-bond donors (Lipinski definition) is 1. The molecule has 0 heterocycles. The molecule has 0 aliphatic heterocycles. The Balaban J connectivity index is 1.58. The van der Waals surface area contributed by atoms with Gasteiger partial charge in [-0.15, -0.1) is 11.8 Å². The van der Waals surface area contributed by atoms with Crippen LogP contribution in [-0.4, -0.2) is 42.7 Å². The van der Waals surface area contributed by atoms with E-state index < -0.39 is 0 Å². The van der Waals surface area contributed by atoms with Gasteiger partial charge in [-0.2, -0.15) is 0 Å². The Morgan fingerprint density at radius 1 is 1.33 bits per heavy atom. The van der Waals surface area contributed by atoms with Crippen LogP contribution in [0.2, 0.25) is 0 Å². The molecule has 116 valence electrons. The van der Waals surface area contributed by atoms with Crippen LogP contribution in [0.4, 0.5) is 0 Å². The third-order valence-electron chi connectivity index (χ3n) is 3.74. The van der Waals surface area contributed by atoms with Crippen LogP contribution in [0.5, 0.6) is 0 Å². The quantitative estimate of drug-likeness (QED) is 0.562. The zero-order valence-electron chi connectivity index (χ0n) is 13.1. The summed E-state index contributed by atoms with van der Waals surface area (Å²) in [5.41, 5.74) is 1.28. The van der Waals surface area contributed by atoms with E-state index in [1.54, 1.807) is 11.8 Å². The van der Waals surface area contributed by atoms with E-state index >= 15 is 0 Å². The Morgan fingerprint density at radius 2 is 2.05 bits per heavy atom. The van der Waals surface area contributed by atoms with Gasteiger partial charge in [-0.1, -0.05) is 24.6 Å². The third kappa shape index (κ3) is 6.53. The van der Waals surface area contributed by atoms with Crippen molar-refractivity contribution in [3.8, 4) is 0 Å². The van der Waals surface area contributed by atoms with Gasteiger partial charge in [0.1, 0.15) is 0 Å². The predicted molar refractivity (Wildman–Crippen MR) is 89.8 cm³/mol. The van der Waals surface area contributed by atoms with E-state index in [0.29, 0.717) is 6.54 Å². The van der Waals surface area contributed by atoms with E-state index in [9.17, 15) is 4.79 Å². The second-order valence-corrected chi connectivity index (χ2v) is 6.95. The standard InChI is InChI=1S/C17H26N2OS/c1-3-19(12-15-6-7-15)13-17(20)18-10-11-21-16-8-4-14(2)5-9-16/h4-5,8-9,15H,3,6-7,10-13H2,1-2H3,(H,18,20). The summed E-state index contributed by atoms with van der Waals surface area (Å²) in [5.74, 6) is 1.92. The van der Waals surface area contributed by atoms with Gasteiger partial charge in [0, 0.05) is 23.7 Å². The maximum atomic E-state index is 11.9. The second kappa shape index (κ2) is 8.44. The Kier molecular flexibility index (Phi) is 6.58. The van der Waals surface area contributed by atoms with Gasteiger partial charge in [-0.05, 0) is 44.4 Å². The number of hydrogen-bond acceptors (Lipinski definition) is 3. The van der Waals surface area contributed by atoms with Crippen molar-refractivity contribution in [3.63, 3.8) is 0 Å². The fraction of sp³-hybridized carbons (Fsp3) is 0.588. The van der Waals surface area contributed by atoms with Crippen LogP contribution in [0.15, 0.2) is 29.2 Å². The summed E-state index contributed by atoms with van der Waals surface area (Å²) in [6.07, 6.45) is 2.68. The summed E-state index contributed by atoms with van der Waals surface area (Å²) >= 11 is 1.79. The van der Waals surface area contributed by atoms with Gasteiger partial charge in [0.2, 0.25) is 5.91 Å². The minimum absolute atomic E-state index is 0.155. The van der Waals surface area contributed by atoms with E-state index in [2.05, 4.69) is 48.3 Å². The van der Waals surface area contributed by atoms with Crippen molar-refractivity contribution in [1.82, 2.24) is 10.2 Å². The lowest BCUT2D eigenvalue weighted by atomic mass is 10.2. The highest BCUT2D eigenvalue weighted by Gasteiger charge is 2.24. The SMILES string of the molecule is CCN(CC(=O)NCCSc1ccc(C)cc1)CC1CC1. The molecular formula is C17H26N2OS. The molecule has 3 nitrogen and oxygen atoms in total. The molecule has 0 atom stereocenters. The summed E-state index contributed by atoms with van der Waals surface area (Å²) < 4.78 is 0. The second-order valence-electron chi connectivity index (χ2n) is 5.78. The van der Waals surface area contributed by atoms with Crippen molar-refractivity contribution in [3.05, 3.63) is 29.8 Å². The molecule has 0 saturated heterocycles. The average molecular weight is 306 g/mol. The molecule has 1 aromatic rings. The number of aryl methyl sites for hydroxylation is 1. The van der Waals surface area contributed by atoms with E-state index in [1.807, 2.05) is 0 Å². The van der Waals surface area contributed by atoms with Gasteiger partial charge in [0.15, 0.2) is 0 Å². The highest BCUT2D eigenvalue weighted by molar-refractivity contribution is 7.99. The first kappa shape index (κ1) is 16.4. The number of likely N-dealkylation sites (N-methyl/N-ethyl adjacent to an activating group) is 1. The van der Waals surface area contributed by atoms with Gasteiger partial charge >= 0.3 is 0 Å². The molecule has 1 saturated carbocycles. The number of amides is 1. The summed E-state index contributed by atoms with van der Waals surface area (Å²) in [5, 5.41) is 3.02. The lowest BCUT2D eigenvalue weighted by Gasteiger charge is -2.19. The van der Waals surface area contributed by atoms with E-state index in [0.717, 1.165) is 31.3 Å². The molecule has 0 aromatic heterocycles. The summed E-state index contributed by atoms with van der Waals surface area (Å²) in [4.78, 5) is 15.4. The molecule has 0 radical (unpaired) electrons. The van der Waals surface area contributed by atoms with Crippen LogP contribution >= 0.6 is 11.8 Å². The van der Waals surface area contributed by atoms with Crippen molar-refractivity contribution in [2.75, 3.05) is 31.9 Å². The number of rotatable bonds is 9. The Hall–Kier alpha value is -1.00. The Morgan fingerprint density at radius 3 is 2.67 bits per heavy atom. The normalized spacial score (nSPS) is 14.4. The van der Waals surface area contributed by atoms with Crippen LogP contribution in [0.1, 0.15) is 25.3 Å². The summed E-state index contributed by atoms with van der Waals surface area (Å²) in [6.45, 7) is 7.54. The molecule has 1 aliphatic rings. The molecule has 4 heteroatoms. The molecule has 1 amide bonds. The van der Waals surface area contributed by atoms with Gasteiger partial charge in [0.05, 0.1) is 6.54 Å². The molecule has 1 aliphatic carbocycles. The minimum Gasteiger partial charge on any atom is -0.354 e. The molecule has 21 heavy (non-hydrogen) atoms. The molecule has 1 fully saturated rings. The Bertz CT molecular complexity index is 443. The fourth-order valence-electron chi connectivity index (χ4n) is 2.22. The number of benzene rings is 1. The van der Waals surface area contributed by atoms with Crippen LogP contribution in [0.25, 0.3) is 0 Å². The van der Waals surface area contributed by atoms with E-state index in [1.165, 1.54) is 23.3 Å². The molecule has 0 unspecified atom stereocenters. The van der Waals surface area contributed by atoms with Crippen molar-refractivity contribution >= 4 is 17.7 Å². The average Bonchev–Trinajstić information content (AvgIpc) is 3.29. The fourth-order valence-corrected chi connectivity index (χ4v) is 2.99. The number of nitrogens with zero attached hydrogens (tertiary/aromatic N) is 1. The molecule has 0 spiro atoms. The molecular weight excluding hydrogens is 280 g/mol. The summed E-state index contributed by atoms with van der Waals surface area (Å²) in [7, 11) is 0. The molecule has 1 N–H and O–H groups in total. The smallest absolute Gasteiger partial charge is 0.234 e. The number of carbonyl (C=O) groups excluding carboxylic acids is 1. The molecule has 1 aromatic carbocycles. The third-order valence-corrected chi connectivity index (χ3v) is 4.76. The van der Waals surface area contributed by atoms with Crippen LogP contribution in [-0.2, 0) is 4.79 Å². The zero-order valence-corrected chi connectivity index (χ0v) is 13.9. The maximum Gasteiger partial charge on any atom is 0.234 e. The number of nitrogens with one attached hydrogen (secondary N) is 1. The van der Waals surface area contributed by atoms with Gasteiger partial charge < -0.3 is 5.32 Å². The van der Waals surface area contributed by atoms with Crippen LogP contribution < -0.4 is 5.32 Å². The van der Waals surface area contributed by atoms with Crippen molar-refractivity contribution in [2.24, 2.45) is 5.92 Å². The first-order chi connectivity index (χ1) is 10.2. The monoisotopic (exact) mass is 306 g/mol. The summed E-state index contributed by atoms with van der Waals surface area (Å²) in [6, 6.07) is 8.52. The van der Waals surface area contributed by atoms with Crippen LogP contribution in [0, 0.1) is 12.8 Å². The molecule has 2 rings (SSSR count). The minimum atomic E-state index is 0.155. The highest BCUT2D eigenvalue weighted by Crippen LogP contribution is 2.29. The highest BCUT2D eigenvalue weighted by atomic mass is 32.2. The van der Waals surface area contributed by atoms with Gasteiger partial charge in [-0.25, -0.2) is 0 Å². The zero-order chi connectivity index (χ0) is 15.1. The predicted octanol–water partition coefficient (Wildman–Crippen LogP) is 2.94. The van der Waals surface area contributed by atoms with E-state index in [-0.39, 0.29) is 5.91 Å². The van der Waals surface area contributed by atoms with E-state index in [4.69, 9.17) is 0 Å². The van der Waals surface area contributed by atoms with Gasteiger partial charge in [-0.3, -0.25) is 9.69 Å². The van der Waals surface area contributed by atoms with Crippen LogP contribution in [0.3, 0.4) is 0 Å². The number of thioether (sulfide) groups is 1.